The lowest BCUT2D eigenvalue weighted by Crippen LogP contribution is -2.21. The van der Waals surface area contributed by atoms with Crippen molar-refractivity contribution in [2.45, 2.75) is 39.6 Å². The number of rotatable bonds is 5. The van der Waals surface area contributed by atoms with Gasteiger partial charge in [-0.1, -0.05) is 0 Å². The fourth-order valence-electron chi connectivity index (χ4n) is 1.86. The molecule has 0 atom stereocenters. The molecule has 2 aromatic rings. The van der Waals surface area contributed by atoms with Gasteiger partial charge in [0.2, 0.25) is 0 Å². The van der Waals surface area contributed by atoms with E-state index in [1.165, 1.54) is 0 Å². The van der Waals surface area contributed by atoms with Gasteiger partial charge in [-0.25, -0.2) is 9.59 Å². The van der Waals surface area contributed by atoms with Crippen LogP contribution in [0.15, 0.2) is 24.7 Å². The van der Waals surface area contributed by atoms with Gasteiger partial charge in [-0.05, 0) is 26.8 Å². The van der Waals surface area contributed by atoms with Crippen molar-refractivity contribution in [2.24, 2.45) is 0 Å². The van der Waals surface area contributed by atoms with Crippen molar-refractivity contribution in [1.29, 1.82) is 0 Å². The van der Waals surface area contributed by atoms with Gasteiger partial charge in [0.25, 0.3) is 0 Å². The SMILES string of the molecule is CCn1cc(-c2cncc(OC(C)C)c2)c(C(=O)O)n1.O=C(O)C(F)(F)F. The van der Waals surface area contributed by atoms with E-state index in [2.05, 4.69) is 10.1 Å². The molecule has 0 bridgehead atoms. The molecule has 2 aromatic heterocycles. The number of aromatic nitrogens is 3. The third-order valence-corrected chi connectivity index (χ3v) is 2.93. The number of carboxylic acid groups (broad SMARTS) is 2. The van der Waals surface area contributed by atoms with Crippen molar-refractivity contribution in [3.05, 3.63) is 30.4 Å². The zero-order chi connectivity index (χ0) is 20.8. The second-order valence-electron chi connectivity index (χ2n) is 5.43. The van der Waals surface area contributed by atoms with Gasteiger partial charge >= 0.3 is 18.1 Å². The van der Waals surface area contributed by atoms with Crippen LogP contribution in [0.4, 0.5) is 13.2 Å². The first-order valence-corrected chi connectivity index (χ1v) is 7.68. The molecule has 0 aromatic carbocycles. The predicted molar refractivity (Wildman–Crippen MR) is 87.5 cm³/mol. The van der Waals surface area contributed by atoms with Gasteiger partial charge in [0.15, 0.2) is 5.69 Å². The summed E-state index contributed by atoms with van der Waals surface area (Å²) in [7, 11) is 0. The third kappa shape index (κ3) is 6.60. The van der Waals surface area contributed by atoms with E-state index in [9.17, 15) is 23.1 Å². The summed E-state index contributed by atoms with van der Waals surface area (Å²) in [5, 5.41) is 20.4. The molecule has 0 saturated carbocycles. The first-order chi connectivity index (χ1) is 12.5. The van der Waals surface area contributed by atoms with Crippen LogP contribution in [-0.4, -0.2) is 49.2 Å². The number of ether oxygens (including phenoxy) is 1. The molecular weight excluding hydrogens is 371 g/mol. The van der Waals surface area contributed by atoms with Crippen molar-refractivity contribution in [3.63, 3.8) is 0 Å². The lowest BCUT2D eigenvalue weighted by molar-refractivity contribution is -0.192. The van der Waals surface area contributed by atoms with Crippen LogP contribution in [0.1, 0.15) is 31.3 Å². The molecular formula is C16H18F3N3O5. The highest BCUT2D eigenvalue weighted by molar-refractivity contribution is 5.93. The van der Waals surface area contributed by atoms with Gasteiger partial charge in [0.1, 0.15) is 5.75 Å². The number of aromatic carboxylic acids is 1. The first-order valence-electron chi connectivity index (χ1n) is 7.68. The summed E-state index contributed by atoms with van der Waals surface area (Å²) in [6.45, 7) is 6.35. The number of hydrogen-bond donors (Lipinski definition) is 2. The predicted octanol–water partition coefficient (Wildman–Crippen LogP) is 3.08. The van der Waals surface area contributed by atoms with Crippen LogP contribution >= 0.6 is 0 Å². The Hall–Kier alpha value is -3.11. The third-order valence-electron chi connectivity index (χ3n) is 2.93. The molecule has 0 aliphatic heterocycles. The largest absolute Gasteiger partial charge is 0.490 e. The van der Waals surface area contributed by atoms with Gasteiger partial charge in [0, 0.05) is 30.1 Å². The fraction of sp³-hybridized carbons (Fsp3) is 0.375. The number of hydrogen-bond acceptors (Lipinski definition) is 5. The quantitative estimate of drug-likeness (QED) is 0.807. The van der Waals surface area contributed by atoms with E-state index >= 15 is 0 Å². The van der Waals surface area contributed by atoms with E-state index in [-0.39, 0.29) is 11.8 Å². The van der Waals surface area contributed by atoms with Crippen molar-refractivity contribution < 1.29 is 37.7 Å². The van der Waals surface area contributed by atoms with Gasteiger partial charge < -0.3 is 14.9 Å². The second-order valence-corrected chi connectivity index (χ2v) is 5.43. The zero-order valence-corrected chi connectivity index (χ0v) is 14.7. The number of alkyl halides is 3. The highest BCUT2D eigenvalue weighted by Crippen LogP contribution is 2.26. The highest BCUT2D eigenvalue weighted by atomic mass is 19.4. The fourth-order valence-corrected chi connectivity index (χ4v) is 1.86. The average molecular weight is 389 g/mol. The average Bonchev–Trinajstić information content (AvgIpc) is 2.99. The molecule has 0 fully saturated rings. The Morgan fingerprint density at radius 1 is 1.26 bits per heavy atom. The van der Waals surface area contributed by atoms with Crippen LogP contribution in [0.2, 0.25) is 0 Å². The maximum atomic E-state index is 11.3. The Morgan fingerprint density at radius 2 is 1.85 bits per heavy atom. The Balaban J connectivity index is 0.000000445. The molecule has 0 radical (unpaired) electrons. The minimum Gasteiger partial charge on any atom is -0.489 e. The molecule has 0 spiro atoms. The molecule has 0 unspecified atom stereocenters. The van der Waals surface area contributed by atoms with Gasteiger partial charge in [-0.2, -0.15) is 18.3 Å². The molecule has 27 heavy (non-hydrogen) atoms. The highest BCUT2D eigenvalue weighted by Gasteiger charge is 2.38. The minimum absolute atomic E-state index is 0.0235. The van der Waals surface area contributed by atoms with E-state index in [0.29, 0.717) is 23.4 Å². The first kappa shape index (κ1) is 21.9. The van der Waals surface area contributed by atoms with Crippen LogP contribution in [0, 0.1) is 0 Å². The van der Waals surface area contributed by atoms with Crippen LogP contribution < -0.4 is 4.74 Å². The molecule has 0 aliphatic rings. The lowest BCUT2D eigenvalue weighted by Gasteiger charge is -2.09. The Kier molecular flexibility index (Phi) is 7.32. The molecule has 2 rings (SSSR count). The number of carboxylic acids is 2. The maximum Gasteiger partial charge on any atom is 0.490 e. The Bertz CT molecular complexity index is 803. The number of halogens is 3. The number of aryl methyl sites for hydroxylation is 1. The summed E-state index contributed by atoms with van der Waals surface area (Å²) < 4.78 is 38.9. The number of nitrogens with zero attached hydrogens (tertiary/aromatic N) is 3. The summed E-state index contributed by atoms with van der Waals surface area (Å²) in [5.74, 6) is -3.20. The second kappa shape index (κ2) is 9.01. The van der Waals surface area contributed by atoms with Crippen LogP contribution in [0.3, 0.4) is 0 Å². The minimum atomic E-state index is -5.08. The van der Waals surface area contributed by atoms with E-state index in [1.54, 1.807) is 29.3 Å². The molecule has 148 valence electrons. The topological polar surface area (TPSA) is 115 Å². The molecule has 8 nitrogen and oxygen atoms in total. The maximum absolute atomic E-state index is 11.3. The number of aliphatic carboxylic acids is 1. The summed E-state index contributed by atoms with van der Waals surface area (Å²) in [6, 6.07) is 1.77. The van der Waals surface area contributed by atoms with Crippen molar-refractivity contribution in [2.75, 3.05) is 0 Å². The molecule has 2 N–H and O–H groups in total. The lowest BCUT2D eigenvalue weighted by atomic mass is 10.1. The normalized spacial score (nSPS) is 10.9. The van der Waals surface area contributed by atoms with E-state index < -0.39 is 18.1 Å². The monoisotopic (exact) mass is 389 g/mol. The zero-order valence-electron chi connectivity index (χ0n) is 14.7. The number of carbonyl (C=O) groups is 2. The molecule has 2 heterocycles. The summed E-state index contributed by atoms with van der Waals surface area (Å²) >= 11 is 0. The van der Waals surface area contributed by atoms with Crippen molar-refractivity contribution in [1.82, 2.24) is 14.8 Å². The number of pyridine rings is 1. The van der Waals surface area contributed by atoms with Crippen LogP contribution in [0.25, 0.3) is 11.1 Å². The summed E-state index contributed by atoms with van der Waals surface area (Å²) in [5.41, 5.74) is 1.25. The Labute approximate surface area is 152 Å². The van der Waals surface area contributed by atoms with E-state index in [1.807, 2.05) is 20.8 Å². The molecule has 0 aliphatic carbocycles. The van der Waals surface area contributed by atoms with Gasteiger partial charge in [-0.15, -0.1) is 0 Å². The smallest absolute Gasteiger partial charge is 0.489 e. The standard InChI is InChI=1S/C14H17N3O3.C2HF3O2/c1-4-17-8-12(13(16-17)14(18)19)10-5-11(7-15-6-10)20-9(2)3;3-2(4,5)1(6)7/h5-9H,4H2,1-3H3,(H,18,19);(H,6,7). The summed E-state index contributed by atoms with van der Waals surface area (Å²) in [4.78, 5) is 24.3. The van der Waals surface area contributed by atoms with E-state index in [4.69, 9.17) is 14.6 Å². The van der Waals surface area contributed by atoms with Gasteiger partial charge in [-0.3, -0.25) is 9.67 Å². The van der Waals surface area contributed by atoms with E-state index in [0.717, 1.165) is 0 Å². The van der Waals surface area contributed by atoms with Crippen molar-refractivity contribution >= 4 is 11.9 Å². The van der Waals surface area contributed by atoms with Gasteiger partial charge in [0.05, 0.1) is 12.3 Å². The Morgan fingerprint density at radius 3 is 2.30 bits per heavy atom. The molecule has 0 amide bonds. The van der Waals surface area contributed by atoms with Crippen LogP contribution in [0.5, 0.6) is 5.75 Å². The van der Waals surface area contributed by atoms with Crippen molar-refractivity contribution in [3.8, 4) is 16.9 Å². The molecule has 0 saturated heterocycles. The molecule has 11 heteroatoms. The van der Waals surface area contributed by atoms with Crippen LogP contribution in [-0.2, 0) is 11.3 Å². The summed E-state index contributed by atoms with van der Waals surface area (Å²) in [6.07, 6.45) is -0.130.